The van der Waals surface area contributed by atoms with Gasteiger partial charge in [-0.05, 0) is 60.7 Å². The molecule has 3 nitrogen and oxygen atoms in total. The number of halogens is 2. The van der Waals surface area contributed by atoms with Crippen LogP contribution in [0.2, 0.25) is 0 Å². The maximum atomic E-state index is 13.2. The Morgan fingerprint density at radius 2 is 1.17 bits per heavy atom. The zero-order valence-electron chi connectivity index (χ0n) is 12.4. The fraction of sp³-hybridized carbons (Fsp3) is 0. The van der Waals surface area contributed by atoms with E-state index in [-0.39, 0.29) is 11.6 Å². The van der Waals surface area contributed by atoms with E-state index in [9.17, 15) is 8.78 Å². The number of pyridine rings is 1. The van der Waals surface area contributed by atoms with Gasteiger partial charge in [-0.1, -0.05) is 0 Å². The monoisotopic (exact) mass is 319 g/mol. The number of benzene rings is 2. The third kappa shape index (κ3) is 2.60. The number of rotatable bonds is 2. The maximum Gasteiger partial charge on any atom is 0.178 e. The van der Waals surface area contributed by atoms with Crippen LogP contribution in [0.1, 0.15) is 0 Å². The summed E-state index contributed by atoms with van der Waals surface area (Å²) in [5.74, 6) is -0.647. The molecule has 4 rings (SSSR count). The summed E-state index contributed by atoms with van der Waals surface area (Å²) < 4.78 is 26.5. The van der Waals surface area contributed by atoms with Gasteiger partial charge in [0.1, 0.15) is 17.2 Å². The van der Waals surface area contributed by atoms with Gasteiger partial charge >= 0.3 is 0 Å². The molecule has 4 aromatic rings. The van der Waals surface area contributed by atoms with E-state index in [0.29, 0.717) is 22.6 Å². The van der Waals surface area contributed by atoms with Crippen LogP contribution in [0, 0.1) is 11.6 Å². The van der Waals surface area contributed by atoms with Crippen molar-refractivity contribution in [1.29, 1.82) is 0 Å². The fourth-order valence-corrected chi connectivity index (χ4v) is 2.51. The van der Waals surface area contributed by atoms with Crippen molar-refractivity contribution in [1.82, 2.24) is 15.0 Å². The van der Waals surface area contributed by atoms with E-state index >= 15 is 0 Å². The Morgan fingerprint density at radius 3 is 1.75 bits per heavy atom. The molecule has 2 aromatic carbocycles. The standard InChI is InChI=1S/C19H11F2N3/c20-14-7-3-12(4-8-14)17-18(13-5-9-15(21)10-6-13)24-19-16(23-17)2-1-11-22-19/h1-11H. The van der Waals surface area contributed by atoms with E-state index in [4.69, 9.17) is 0 Å². The first kappa shape index (κ1) is 14.4. The highest BCUT2D eigenvalue weighted by molar-refractivity contribution is 5.84. The van der Waals surface area contributed by atoms with Crippen molar-refractivity contribution in [2.75, 3.05) is 0 Å². The Bertz CT molecular complexity index is 929. The molecule has 116 valence electrons. The van der Waals surface area contributed by atoms with Crippen molar-refractivity contribution in [3.8, 4) is 22.5 Å². The normalized spacial score (nSPS) is 10.9. The molecular weight excluding hydrogens is 308 g/mol. The molecule has 5 heteroatoms. The number of hydrogen-bond donors (Lipinski definition) is 0. The predicted octanol–water partition coefficient (Wildman–Crippen LogP) is 4.64. The summed E-state index contributed by atoms with van der Waals surface area (Å²) in [5.41, 5.74) is 3.77. The average molecular weight is 319 g/mol. The van der Waals surface area contributed by atoms with Gasteiger partial charge in [0, 0.05) is 17.3 Å². The van der Waals surface area contributed by atoms with Crippen LogP contribution in [0.4, 0.5) is 8.78 Å². The van der Waals surface area contributed by atoms with Crippen LogP contribution in [0.5, 0.6) is 0 Å². The lowest BCUT2D eigenvalue weighted by molar-refractivity contribution is 0.627. The van der Waals surface area contributed by atoms with Crippen LogP contribution in [0.15, 0.2) is 66.9 Å². The molecule has 0 radical (unpaired) electrons. The molecule has 2 heterocycles. The Hall–Kier alpha value is -3.21. The molecule has 0 spiro atoms. The van der Waals surface area contributed by atoms with Gasteiger partial charge in [-0.15, -0.1) is 0 Å². The second kappa shape index (κ2) is 5.77. The smallest absolute Gasteiger partial charge is 0.178 e. The topological polar surface area (TPSA) is 38.7 Å². The van der Waals surface area contributed by atoms with Gasteiger partial charge in [0.25, 0.3) is 0 Å². The maximum absolute atomic E-state index is 13.2. The summed E-state index contributed by atoms with van der Waals surface area (Å²) in [6.07, 6.45) is 1.64. The van der Waals surface area contributed by atoms with Crippen molar-refractivity contribution in [3.63, 3.8) is 0 Å². The van der Waals surface area contributed by atoms with E-state index < -0.39 is 0 Å². The van der Waals surface area contributed by atoms with E-state index in [2.05, 4.69) is 15.0 Å². The number of nitrogens with zero attached hydrogens (tertiary/aromatic N) is 3. The van der Waals surface area contributed by atoms with E-state index in [1.807, 2.05) is 6.07 Å². The van der Waals surface area contributed by atoms with Crippen molar-refractivity contribution >= 4 is 11.2 Å². The lowest BCUT2D eigenvalue weighted by Crippen LogP contribution is -1.97. The molecule has 0 fully saturated rings. The quantitative estimate of drug-likeness (QED) is 0.540. The molecule has 0 aliphatic carbocycles. The van der Waals surface area contributed by atoms with Crippen molar-refractivity contribution < 1.29 is 8.78 Å². The second-order valence-corrected chi connectivity index (χ2v) is 5.28. The van der Waals surface area contributed by atoms with E-state index in [0.717, 1.165) is 11.1 Å². The van der Waals surface area contributed by atoms with Gasteiger partial charge < -0.3 is 0 Å². The molecule has 0 unspecified atom stereocenters. The minimum Gasteiger partial charge on any atom is -0.242 e. The van der Waals surface area contributed by atoms with Crippen molar-refractivity contribution in [2.24, 2.45) is 0 Å². The van der Waals surface area contributed by atoms with Crippen LogP contribution in [-0.2, 0) is 0 Å². The van der Waals surface area contributed by atoms with Crippen molar-refractivity contribution in [2.45, 2.75) is 0 Å². The number of fused-ring (bicyclic) bond motifs is 1. The number of hydrogen-bond acceptors (Lipinski definition) is 3. The van der Waals surface area contributed by atoms with Crippen LogP contribution < -0.4 is 0 Å². The molecule has 0 aliphatic heterocycles. The zero-order chi connectivity index (χ0) is 16.5. The third-order valence-corrected chi connectivity index (χ3v) is 3.68. The lowest BCUT2D eigenvalue weighted by atomic mass is 10.0. The Balaban J connectivity index is 2.00. The minimum atomic E-state index is -0.325. The van der Waals surface area contributed by atoms with Gasteiger partial charge in [-0.25, -0.2) is 23.7 Å². The molecule has 2 aromatic heterocycles. The average Bonchev–Trinajstić information content (AvgIpc) is 2.62. The summed E-state index contributed by atoms with van der Waals surface area (Å²) in [6.45, 7) is 0. The first-order valence-electron chi connectivity index (χ1n) is 7.35. The summed E-state index contributed by atoms with van der Waals surface area (Å²) in [4.78, 5) is 13.4. The highest BCUT2D eigenvalue weighted by Gasteiger charge is 2.14. The first-order valence-corrected chi connectivity index (χ1v) is 7.35. The molecule has 0 aliphatic rings. The largest absolute Gasteiger partial charge is 0.242 e. The van der Waals surface area contributed by atoms with Crippen LogP contribution >= 0.6 is 0 Å². The molecule has 0 atom stereocenters. The van der Waals surface area contributed by atoms with Gasteiger partial charge in [0.05, 0.1) is 11.4 Å². The number of aromatic nitrogens is 3. The van der Waals surface area contributed by atoms with E-state index in [1.54, 1.807) is 36.5 Å². The Labute approximate surface area is 136 Å². The molecule has 0 bridgehead atoms. The van der Waals surface area contributed by atoms with Crippen LogP contribution in [0.3, 0.4) is 0 Å². The first-order chi connectivity index (χ1) is 11.7. The molecule has 0 amide bonds. The SMILES string of the molecule is Fc1ccc(-c2nc3cccnc3nc2-c2ccc(F)cc2)cc1. The minimum absolute atomic E-state index is 0.322. The molecular formula is C19H11F2N3. The summed E-state index contributed by atoms with van der Waals surface area (Å²) in [7, 11) is 0. The summed E-state index contributed by atoms with van der Waals surface area (Å²) >= 11 is 0. The molecule has 0 saturated heterocycles. The van der Waals surface area contributed by atoms with E-state index in [1.165, 1.54) is 24.3 Å². The van der Waals surface area contributed by atoms with Gasteiger partial charge in [0.15, 0.2) is 5.65 Å². The Morgan fingerprint density at radius 1 is 0.625 bits per heavy atom. The summed E-state index contributed by atoms with van der Waals surface area (Å²) in [5, 5.41) is 0. The van der Waals surface area contributed by atoms with Gasteiger partial charge in [-0.3, -0.25) is 0 Å². The zero-order valence-corrected chi connectivity index (χ0v) is 12.4. The van der Waals surface area contributed by atoms with Gasteiger partial charge in [-0.2, -0.15) is 0 Å². The molecule has 0 N–H and O–H groups in total. The fourth-order valence-electron chi connectivity index (χ4n) is 2.51. The highest BCUT2D eigenvalue weighted by Crippen LogP contribution is 2.30. The highest BCUT2D eigenvalue weighted by atomic mass is 19.1. The van der Waals surface area contributed by atoms with Gasteiger partial charge in [0.2, 0.25) is 0 Å². The van der Waals surface area contributed by atoms with Crippen LogP contribution in [-0.4, -0.2) is 15.0 Å². The van der Waals surface area contributed by atoms with Crippen molar-refractivity contribution in [3.05, 3.63) is 78.5 Å². The lowest BCUT2D eigenvalue weighted by Gasteiger charge is -2.10. The second-order valence-electron chi connectivity index (χ2n) is 5.28. The summed E-state index contributed by atoms with van der Waals surface area (Å²) in [6, 6.07) is 15.7. The predicted molar refractivity (Wildman–Crippen MR) is 88.1 cm³/mol. The molecule has 24 heavy (non-hydrogen) atoms. The van der Waals surface area contributed by atoms with Crippen LogP contribution in [0.25, 0.3) is 33.7 Å². The molecule has 0 saturated carbocycles. The Kier molecular flexibility index (Phi) is 3.46. The third-order valence-electron chi connectivity index (χ3n) is 3.68.